The molecule has 3 heterocycles. The Bertz CT molecular complexity index is 520. The number of hydrogen-bond acceptors (Lipinski definition) is 6. The molecule has 0 aromatic carbocycles. The molecule has 2 atom stereocenters. The second-order valence-corrected chi connectivity index (χ2v) is 7.10. The number of nitrogens with one attached hydrogen (secondary N) is 1. The van der Waals surface area contributed by atoms with Crippen LogP contribution in [0.1, 0.15) is 32.0 Å². The first-order valence-electron chi connectivity index (χ1n) is 8.21. The van der Waals surface area contributed by atoms with Crippen molar-refractivity contribution in [2.45, 2.75) is 39.2 Å². The number of carbonyl (C=O) groups excluding carboxylic acids is 1. The summed E-state index contributed by atoms with van der Waals surface area (Å²) in [5.74, 6) is 1.39. The van der Waals surface area contributed by atoms with E-state index in [1.807, 2.05) is 6.92 Å². The van der Waals surface area contributed by atoms with Crippen molar-refractivity contribution >= 4 is 22.6 Å². The third-order valence-electron chi connectivity index (χ3n) is 4.57. The molecule has 1 aromatic heterocycles. The van der Waals surface area contributed by atoms with Gasteiger partial charge in [0, 0.05) is 49.7 Å². The molecule has 2 aliphatic heterocycles. The zero-order chi connectivity index (χ0) is 15.5. The van der Waals surface area contributed by atoms with Crippen molar-refractivity contribution in [3.8, 4) is 0 Å². The summed E-state index contributed by atoms with van der Waals surface area (Å²) in [6, 6.07) is 0.454. The van der Waals surface area contributed by atoms with E-state index in [4.69, 9.17) is 0 Å². The molecule has 0 radical (unpaired) electrons. The average Bonchev–Trinajstić information content (AvgIpc) is 2.80. The molecule has 0 unspecified atom stereocenters. The Kier molecular flexibility index (Phi) is 4.93. The van der Waals surface area contributed by atoms with Gasteiger partial charge in [0.15, 0.2) is 0 Å². The molecule has 22 heavy (non-hydrogen) atoms. The van der Waals surface area contributed by atoms with Crippen LogP contribution in [0.5, 0.6) is 0 Å². The van der Waals surface area contributed by atoms with E-state index in [-0.39, 0.29) is 5.92 Å². The maximum Gasteiger partial charge on any atom is 0.225 e. The van der Waals surface area contributed by atoms with Gasteiger partial charge in [0.05, 0.1) is 0 Å². The van der Waals surface area contributed by atoms with Crippen molar-refractivity contribution in [3.05, 3.63) is 5.82 Å². The minimum atomic E-state index is 0.201. The quantitative estimate of drug-likeness (QED) is 0.888. The van der Waals surface area contributed by atoms with Crippen LogP contribution >= 0.6 is 11.5 Å². The summed E-state index contributed by atoms with van der Waals surface area (Å²) in [5, 5.41) is 4.41. The van der Waals surface area contributed by atoms with Crippen LogP contribution in [-0.2, 0) is 4.79 Å². The molecule has 6 nitrogen and oxygen atoms in total. The van der Waals surface area contributed by atoms with Gasteiger partial charge in [-0.2, -0.15) is 4.37 Å². The van der Waals surface area contributed by atoms with Gasteiger partial charge in [0.2, 0.25) is 11.0 Å². The van der Waals surface area contributed by atoms with Crippen LogP contribution < -0.4 is 10.2 Å². The van der Waals surface area contributed by atoms with E-state index in [1.165, 1.54) is 11.5 Å². The highest BCUT2D eigenvalue weighted by Gasteiger charge is 2.29. The van der Waals surface area contributed by atoms with Crippen LogP contribution in [0.15, 0.2) is 0 Å². The summed E-state index contributed by atoms with van der Waals surface area (Å²) in [4.78, 5) is 21.6. The number of piperidine rings is 1. The van der Waals surface area contributed by atoms with Gasteiger partial charge in [0.1, 0.15) is 5.82 Å². The molecule has 1 amide bonds. The van der Waals surface area contributed by atoms with Crippen molar-refractivity contribution in [1.29, 1.82) is 0 Å². The molecular formula is C15H25N5OS. The molecule has 2 saturated heterocycles. The van der Waals surface area contributed by atoms with Gasteiger partial charge in [-0.25, -0.2) is 4.98 Å². The topological polar surface area (TPSA) is 61.4 Å². The summed E-state index contributed by atoms with van der Waals surface area (Å²) in [7, 11) is 0. The Hall–Kier alpha value is -1.21. The zero-order valence-electron chi connectivity index (χ0n) is 13.4. The van der Waals surface area contributed by atoms with Gasteiger partial charge in [-0.1, -0.05) is 0 Å². The lowest BCUT2D eigenvalue weighted by molar-refractivity contribution is -0.136. The minimum Gasteiger partial charge on any atom is -0.345 e. The lowest BCUT2D eigenvalue weighted by atomic mass is 9.92. The Morgan fingerprint density at radius 2 is 2.18 bits per heavy atom. The molecular weight excluding hydrogens is 298 g/mol. The van der Waals surface area contributed by atoms with Gasteiger partial charge >= 0.3 is 0 Å². The van der Waals surface area contributed by atoms with Crippen molar-refractivity contribution in [1.82, 2.24) is 19.6 Å². The fraction of sp³-hybridized carbons (Fsp3) is 0.800. The van der Waals surface area contributed by atoms with Crippen molar-refractivity contribution < 1.29 is 4.79 Å². The van der Waals surface area contributed by atoms with E-state index in [2.05, 4.69) is 31.4 Å². The molecule has 0 aliphatic carbocycles. The Morgan fingerprint density at radius 3 is 2.91 bits per heavy atom. The van der Waals surface area contributed by atoms with Gasteiger partial charge in [-0.3, -0.25) is 4.79 Å². The van der Waals surface area contributed by atoms with Crippen LogP contribution in [0.2, 0.25) is 0 Å². The van der Waals surface area contributed by atoms with Crippen LogP contribution in [0.25, 0.3) is 0 Å². The maximum atomic E-state index is 12.8. The summed E-state index contributed by atoms with van der Waals surface area (Å²) < 4.78 is 4.26. The first-order valence-corrected chi connectivity index (χ1v) is 8.98. The average molecular weight is 323 g/mol. The standard InChI is InChI=1S/C15H25N5OS/c1-11-10-13(4-5-16-11)14(21)19-6-3-7-20(9-8-19)15-17-12(2)18-22-15/h11,13,16H,3-10H2,1-2H3/t11-,13-/m0/s1. The lowest BCUT2D eigenvalue weighted by Gasteiger charge is -2.31. The smallest absolute Gasteiger partial charge is 0.225 e. The van der Waals surface area contributed by atoms with E-state index in [1.54, 1.807) is 0 Å². The number of aryl methyl sites for hydroxylation is 1. The van der Waals surface area contributed by atoms with Gasteiger partial charge in [-0.05, 0) is 39.7 Å². The fourth-order valence-corrected chi connectivity index (χ4v) is 4.08. The van der Waals surface area contributed by atoms with Crippen LogP contribution in [0.3, 0.4) is 0 Å². The molecule has 122 valence electrons. The summed E-state index contributed by atoms with van der Waals surface area (Å²) in [6.45, 7) is 8.54. The lowest BCUT2D eigenvalue weighted by Crippen LogP contribution is -2.45. The van der Waals surface area contributed by atoms with Gasteiger partial charge in [-0.15, -0.1) is 0 Å². The first kappa shape index (κ1) is 15.7. The second kappa shape index (κ2) is 6.91. The molecule has 1 aromatic rings. The highest BCUT2D eigenvalue weighted by molar-refractivity contribution is 7.09. The predicted molar refractivity (Wildman–Crippen MR) is 88.2 cm³/mol. The molecule has 3 rings (SSSR count). The Labute approximate surface area is 136 Å². The van der Waals surface area contributed by atoms with Crippen molar-refractivity contribution in [3.63, 3.8) is 0 Å². The SMILES string of the molecule is Cc1nsc(N2CCCN(C(=O)[C@H]3CCN[C@@H](C)C3)CC2)n1. The number of aromatic nitrogens is 2. The van der Waals surface area contributed by atoms with Crippen LogP contribution in [0.4, 0.5) is 5.13 Å². The van der Waals surface area contributed by atoms with E-state index in [0.29, 0.717) is 11.9 Å². The van der Waals surface area contributed by atoms with Crippen LogP contribution in [-0.4, -0.2) is 58.9 Å². The molecule has 0 spiro atoms. The Balaban J connectivity index is 1.59. The highest BCUT2D eigenvalue weighted by atomic mass is 32.1. The number of carbonyl (C=O) groups is 1. The molecule has 0 bridgehead atoms. The van der Waals surface area contributed by atoms with Gasteiger partial charge in [0.25, 0.3) is 0 Å². The summed E-state index contributed by atoms with van der Waals surface area (Å²) in [5.41, 5.74) is 0. The maximum absolute atomic E-state index is 12.8. The van der Waals surface area contributed by atoms with Crippen molar-refractivity contribution in [2.75, 3.05) is 37.6 Å². The third-order valence-corrected chi connectivity index (χ3v) is 5.44. The highest BCUT2D eigenvalue weighted by Crippen LogP contribution is 2.22. The van der Waals surface area contributed by atoms with E-state index in [9.17, 15) is 4.79 Å². The van der Waals surface area contributed by atoms with E-state index >= 15 is 0 Å². The van der Waals surface area contributed by atoms with Gasteiger partial charge < -0.3 is 15.1 Å². The van der Waals surface area contributed by atoms with Crippen molar-refractivity contribution in [2.24, 2.45) is 5.92 Å². The number of nitrogens with zero attached hydrogens (tertiary/aromatic N) is 4. The number of amides is 1. The van der Waals surface area contributed by atoms with E-state index in [0.717, 1.165) is 62.9 Å². The molecule has 7 heteroatoms. The molecule has 2 aliphatic rings. The number of rotatable bonds is 2. The monoisotopic (exact) mass is 323 g/mol. The molecule has 2 fully saturated rings. The molecule has 1 N–H and O–H groups in total. The largest absolute Gasteiger partial charge is 0.345 e. The molecule has 0 saturated carbocycles. The second-order valence-electron chi connectivity index (χ2n) is 6.37. The van der Waals surface area contributed by atoms with E-state index < -0.39 is 0 Å². The normalized spacial score (nSPS) is 26.8. The predicted octanol–water partition coefficient (Wildman–Crippen LogP) is 1.27. The number of anilines is 1. The Morgan fingerprint density at radius 1 is 1.32 bits per heavy atom. The summed E-state index contributed by atoms with van der Waals surface area (Å²) >= 11 is 1.46. The summed E-state index contributed by atoms with van der Waals surface area (Å²) in [6.07, 6.45) is 2.94. The minimum absolute atomic E-state index is 0.201. The number of hydrogen-bond donors (Lipinski definition) is 1. The third kappa shape index (κ3) is 3.57. The zero-order valence-corrected chi connectivity index (χ0v) is 14.2. The first-order chi connectivity index (χ1) is 10.6. The van der Waals surface area contributed by atoms with Crippen LogP contribution in [0, 0.1) is 12.8 Å². The fourth-order valence-electron chi connectivity index (χ4n) is 3.36.